The molecule has 2 fully saturated rings. The van der Waals surface area contributed by atoms with E-state index in [2.05, 4.69) is 5.32 Å². The van der Waals surface area contributed by atoms with Gasteiger partial charge in [0.1, 0.15) is 11.1 Å². The first-order valence-corrected chi connectivity index (χ1v) is 9.80. The molecule has 1 saturated carbocycles. The van der Waals surface area contributed by atoms with Gasteiger partial charge in [0.25, 0.3) is 5.91 Å². The van der Waals surface area contributed by atoms with Crippen molar-refractivity contribution in [1.82, 2.24) is 10.2 Å². The summed E-state index contributed by atoms with van der Waals surface area (Å²) in [5, 5.41) is 3.10. The SMILES string of the molecule is CC1(c2ccccc2)NC(=O)C2(CCCCC2)N(Cc2ccccc2)C1=O. The number of nitrogens with zero attached hydrogens (tertiary/aromatic N) is 1. The second-order valence-corrected chi connectivity index (χ2v) is 7.91. The number of carbonyl (C=O) groups is 2. The van der Waals surface area contributed by atoms with Gasteiger partial charge in [-0.2, -0.15) is 0 Å². The average Bonchev–Trinajstić information content (AvgIpc) is 2.72. The van der Waals surface area contributed by atoms with E-state index in [9.17, 15) is 9.59 Å². The highest BCUT2D eigenvalue weighted by Crippen LogP contribution is 2.41. The van der Waals surface area contributed by atoms with Crippen LogP contribution < -0.4 is 5.32 Å². The molecule has 0 bridgehead atoms. The monoisotopic (exact) mass is 362 g/mol. The highest BCUT2D eigenvalue weighted by molar-refractivity contribution is 6.02. The van der Waals surface area contributed by atoms with Crippen LogP contribution in [-0.2, 0) is 21.7 Å². The van der Waals surface area contributed by atoms with Crippen molar-refractivity contribution in [2.75, 3.05) is 0 Å². The second kappa shape index (κ2) is 6.84. The van der Waals surface area contributed by atoms with Gasteiger partial charge < -0.3 is 10.2 Å². The third kappa shape index (κ3) is 2.93. The molecule has 1 spiro atoms. The molecule has 140 valence electrons. The smallest absolute Gasteiger partial charge is 0.253 e. The molecule has 1 atom stereocenters. The largest absolute Gasteiger partial charge is 0.336 e. The Morgan fingerprint density at radius 3 is 2.11 bits per heavy atom. The molecule has 1 aliphatic carbocycles. The molecule has 2 aromatic carbocycles. The fourth-order valence-corrected chi connectivity index (χ4v) is 4.57. The first-order chi connectivity index (χ1) is 13.1. The summed E-state index contributed by atoms with van der Waals surface area (Å²) in [5.74, 6) is -0.0249. The first kappa shape index (κ1) is 17.8. The summed E-state index contributed by atoms with van der Waals surface area (Å²) >= 11 is 0. The number of hydrogen-bond acceptors (Lipinski definition) is 2. The molecule has 27 heavy (non-hydrogen) atoms. The van der Waals surface area contributed by atoms with Crippen LogP contribution >= 0.6 is 0 Å². The van der Waals surface area contributed by atoms with Crippen molar-refractivity contribution in [2.24, 2.45) is 0 Å². The zero-order chi connectivity index (χ0) is 18.9. The normalized spacial score (nSPS) is 24.7. The fourth-order valence-electron chi connectivity index (χ4n) is 4.57. The first-order valence-electron chi connectivity index (χ1n) is 9.80. The Morgan fingerprint density at radius 1 is 0.889 bits per heavy atom. The van der Waals surface area contributed by atoms with Gasteiger partial charge in [0, 0.05) is 6.54 Å². The maximum Gasteiger partial charge on any atom is 0.253 e. The predicted molar refractivity (Wildman–Crippen MR) is 105 cm³/mol. The molecule has 2 aromatic rings. The van der Waals surface area contributed by atoms with Crippen molar-refractivity contribution >= 4 is 11.8 Å². The van der Waals surface area contributed by atoms with Gasteiger partial charge in [0.05, 0.1) is 0 Å². The molecular formula is C23H26N2O2. The quantitative estimate of drug-likeness (QED) is 0.904. The molecule has 1 N–H and O–H groups in total. The Labute approximate surface area is 160 Å². The number of benzene rings is 2. The zero-order valence-corrected chi connectivity index (χ0v) is 15.8. The van der Waals surface area contributed by atoms with E-state index in [0.717, 1.165) is 43.2 Å². The molecule has 1 heterocycles. The van der Waals surface area contributed by atoms with Gasteiger partial charge in [-0.05, 0) is 30.9 Å². The molecule has 1 saturated heterocycles. The summed E-state index contributed by atoms with van der Waals surface area (Å²) in [6, 6.07) is 19.5. The Kier molecular flexibility index (Phi) is 4.50. The lowest BCUT2D eigenvalue weighted by Gasteiger charge is -2.53. The maximum absolute atomic E-state index is 13.8. The molecule has 0 aromatic heterocycles. The van der Waals surface area contributed by atoms with Gasteiger partial charge in [-0.1, -0.05) is 79.9 Å². The van der Waals surface area contributed by atoms with Crippen molar-refractivity contribution in [2.45, 2.75) is 56.7 Å². The summed E-state index contributed by atoms with van der Waals surface area (Å²) in [6.45, 7) is 2.30. The molecule has 0 radical (unpaired) electrons. The number of carbonyl (C=O) groups excluding carboxylic acids is 2. The van der Waals surface area contributed by atoms with Crippen LogP contribution in [0.4, 0.5) is 0 Å². The second-order valence-electron chi connectivity index (χ2n) is 7.91. The summed E-state index contributed by atoms with van der Waals surface area (Å²) in [6.07, 6.45) is 4.56. The van der Waals surface area contributed by atoms with Gasteiger partial charge in [-0.3, -0.25) is 9.59 Å². The Bertz CT molecular complexity index is 828. The number of rotatable bonds is 3. The Balaban J connectivity index is 1.77. The van der Waals surface area contributed by atoms with Crippen LogP contribution in [0.2, 0.25) is 0 Å². The van der Waals surface area contributed by atoms with Gasteiger partial charge in [-0.15, -0.1) is 0 Å². The lowest BCUT2D eigenvalue weighted by Crippen LogP contribution is -2.73. The van der Waals surface area contributed by atoms with Crippen molar-refractivity contribution in [3.8, 4) is 0 Å². The minimum atomic E-state index is -1.03. The maximum atomic E-state index is 13.8. The third-order valence-corrected chi connectivity index (χ3v) is 6.19. The van der Waals surface area contributed by atoms with E-state index in [-0.39, 0.29) is 11.8 Å². The molecule has 4 nitrogen and oxygen atoms in total. The van der Waals surface area contributed by atoms with Crippen LogP contribution in [0.1, 0.15) is 50.2 Å². The van der Waals surface area contributed by atoms with Gasteiger partial charge in [0.2, 0.25) is 5.91 Å². The van der Waals surface area contributed by atoms with Crippen molar-refractivity contribution in [3.05, 3.63) is 71.8 Å². The topological polar surface area (TPSA) is 49.4 Å². The van der Waals surface area contributed by atoms with Crippen LogP contribution in [0.25, 0.3) is 0 Å². The van der Waals surface area contributed by atoms with Crippen LogP contribution in [0.5, 0.6) is 0 Å². The van der Waals surface area contributed by atoms with Crippen LogP contribution in [0, 0.1) is 0 Å². The van der Waals surface area contributed by atoms with E-state index in [0.29, 0.717) is 6.54 Å². The number of nitrogens with one attached hydrogen (secondary N) is 1. The molecule has 2 aliphatic rings. The lowest BCUT2D eigenvalue weighted by molar-refractivity contribution is -0.166. The van der Waals surface area contributed by atoms with E-state index in [4.69, 9.17) is 0 Å². The summed E-state index contributed by atoms with van der Waals surface area (Å²) in [7, 11) is 0. The highest BCUT2D eigenvalue weighted by Gasteiger charge is 2.57. The van der Waals surface area contributed by atoms with E-state index in [1.807, 2.05) is 72.5 Å². The summed E-state index contributed by atoms with van der Waals surface area (Å²) in [4.78, 5) is 29.1. The van der Waals surface area contributed by atoms with Crippen LogP contribution in [-0.4, -0.2) is 22.3 Å². The average molecular weight is 362 g/mol. The highest BCUT2D eigenvalue weighted by atomic mass is 16.2. The minimum Gasteiger partial charge on any atom is -0.336 e. The van der Waals surface area contributed by atoms with Gasteiger partial charge in [0.15, 0.2) is 0 Å². The van der Waals surface area contributed by atoms with E-state index in [1.165, 1.54) is 0 Å². The van der Waals surface area contributed by atoms with Crippen LogP contribution in [0.3, 0.4) is 0 Å². The molecular weight excluding hydrogens is 336 g/mol. The van der Waals surface area contributed by atoms with Gasteiger partial charge >= 0.3 is 0 Å². The number of piperazine rings is 1. The lowest BCUT2D eigenvalue weighted by atomic mass is 9.74. The molecule has 4 rings (SSSR count). The molecule has 1 unspecified atom stereocenters. The van der Waals surface area contributed by atoms with Crippen molar-refractivity contribution < 1.29 is 9.59 Å². The number of amides is 2. The third-order valence-electron chi connectivity index (χ3n) is 6.19. The van der Waals surface area contributed by atoms with E-state index < -0.39 is 11.1 Å². The van der Waals surface area contributed by atoms with E-state index >= 15 is 0 Å². The zero-order valence-electron chi connectivity index (χ0n) is 15.8. The fraction of sp³-hybridized carbons (Fsp3) is 0.391. The van der Waals surface area contributed by atoms with Gasteiger partial charge in [-0.25, -0.2) is 0 Å². The van der Waals surface area contributed by atoms with E-state index in [1.54, 1.807) is 0 Å². The Hall–Kier alpha value is -2.62. The van der Waals surface area contributed by atoms with Crippen LogP contribution in [0.15, 0.2) is 60.7 Å². The molecule has 2 amide bonds. The minimum absolute atomic E-state index is 0.0101. The summed E-state index contributed by atoms with van der Waals surface area (Å²) in [5.41, 5.74) is 0.128. The molecule has 1 aliphatic heterocycles. The molecule has 4 heteroatoms. The van der Waals surface area contributed by atoms with Crippen molar-refractivity contribution in [3.63, 3.8) is 0 Å². The Morgan fingerprint density at radius 2 is 1.48 bits per heavy atom. The predicted octanol–water partition coefficient (Wildman–Crippen LogP) is 3.76. The number of hydrogen-bond donors (Lipinski definition) is 1. The standard InChI is InChI=1S/C23H26N2O2/c1-22(19-13-7-3-8-14-19)21(27)25(17-18-11-5-2-6-12-18)23(20(26)24-22)15-9-4-10-16-23/h2-3,5-8,11-14H,4,9-10,15-17H2,1H3,(H,24,26). The summed E-state index contributed by atoms with van der Waals surface area (Å²) < 4.78 is 0. The van der Waals surface area contributed by atoms with Crippen molar-refractivity contribution in [1.29, 1.82) is 0 Å².